The number of aliphatic carboxylic acids is 1. The maximum absolute atomic E-state index is 11.7. The van der Waals surface area contributed by atoms with E-state index in [1.54, 1.807) is 0 Å². The number of urea groups is 1. The van der Waals surface area contributed by atoms with Gasteiger partial charge in [0.2, 0.25) is 0 Å². The van der Waals surface area contributed by atoms with Crippen LogP contribution >= 0.6 is 0 Å². The second-order valence-electron chi connectivity index (χ2n) is 4.17. The van der Waals surface area contributed by atoms with Crippen molar-refractivity contribution in [3.63, 3.8) is 0 Å². The summed E-state index contributed by atoms with van der Waals surface area (Å²) in [5.74, 6) is -1.42. The lowest BCUT2D eigenvalue weighted by Crippen LogP contribution is -2.53. The van der Waals surface area contributed by atoms with Gasteiger partial charge in [-0.15, -0.1) is 0 Å². The molecule has 8 nitrogen and oxygen atoms in total. The summed E-state index contributed by atoms with van der Waals surface area (Å²) in [6.45, 7) is 1.38. The Kier molecular flexibility index (Phi) is 4.47. The van der Waals surface area contributed by atoms with Gasteiger partial charge < -0.3 is 25.2 Å². The van der Waals surface area contributed by atoms with Crippen LogP contribution in [0, 0.1) is 11.3 Å². The number of hydrogen-bond donors (Lipinski definition) is 3. The number of nitrogens with one attached hydrogen (secondary N) is 1. The lowest BCUT2D eigenvalue weighted by Gasteiger charge is -2.30. The number of rotatable bonds is 3. The lowest BCUT2D eigenvalue weighted by atomic mass is 10.1. The third-order valence-electron chi connectivity index (χ3n) is 2.54. The molecule has 0 spiro atoms. The van der Waals surface area contributed by atoms with Crippen LogP contribution < -0.4 is 5.32 Å². The van der Waals surface area contributed by atoms with Crippen molar-refractivity contribution >= 4 is 12.0 Å². The van der Waals surface area contributed by atoms with Gasteiger partial charge in [-0.25, -0.2) is 9.59 Å². The molecule has 2 amide bonds. The molecule has 0 aliphatic carbocycles. The molecule has 100 valence electrons. The van der Waals surface area contributed by atoms with Crippen LogP contribution in [0.4, 0.5) is 4.79 Å². The van der Waals surface area contributed by atoms with Gasteiger partial charge in [0.05, 0.1) is 25.8 Å². The number of ether oxygens (including phenoxy) is 1. The monoisotopic (exact) mass is 257 g/mol. The molecule has 0 radical (unpaired) electrons. The van der Waals surface area contributed by atoms with Crippen molar-refractivity contribution in [2.75, 3.05) is 26.2 Å². The van der Waals surface area contributed by atoms with Crippen molar-refractivity contribution in [1.29, 1.82) is 5.26 Å². The molecule has 1 aliphatic rings. The third-order valence-corrected chi connectivity index (χ3v) is 2.54. The molecule has 0 aromatic heterocycles. The summed E-state index contributed by atoms with van der Waals surface area (Å²) in [6, 6.07) is 1.36. The summed E-state index contributed by atoms with van der Waals surface area (Å²) in [5, 5.41) is 29.1. The maximum atomic E-state index is 11.7. The van der Waals surface area contributed by atoms with E-state index in [1.165, 1.54) is 4.90 Å². The van der Waals surface area contributed by atoms with Crippen LogP contribution in [0.25, 0.3) is 0 Å². The summed E-state index contributed by atoms with van der Waals surface area (Å²) in [5.41, 5.74) is -2.02. The van der Waals surface area contributed by atoms with E-state index >= 15 is 0 Å². The Morgan fingerprint density at radius 1 is 1.67 bits per heavy atom. The molecule has 0 aromatic carbocycles. The molecule has 0 aromatic rings. The van der Waals surface area contributed by atoms with E-state index < -0.39 is 30.3 Å². The third kappa shape index (κ3) is 3.58. The standard InChI is InChI=1S/C10H15N3O5/c1-10(17,8(14)15)6-12-9(16)13-2-3-18-7(4-11)5-13/h7,17H,2-3,5-6H2,1H3,(H,12,16)(H,14,15). The molecule has 18 heavy (non-hydrogen) atoms. The Morgan fingerprint density at radius 3 is 2.89 bits per heavy atom. The van der Waals surface area contributed by atoms with Crippen LogP contribution in [-0.4, -0.2) is 65.1 Å². The van der Waals surface area contributed by atoms with Crippen LogP contribution in [0.15, 0.2) is 0 Å². The highest BCUT2D eigenvalue weighted by Crippen LogP contribution is 2.06. The number of aliphatic hydroxyl groups is 1. The zero-order valence-electron chi connectivity index (χ0n) is 9.92. The Morgan fingerprint density at radius 2 is 2.33 bits per heavy atom. The van der Waals surface area contributed by atoms with E-state index in [1.807, 2.05) is 6.07 Å². The molecule has 1 rings (SSSR count). The van der Waals surface area contributed by atoms with Crippen LogP contribution in [0.5, 0.6) is 0 Å². The average Bonchev–Trinajstić information content (AvgIpc) is 2.36. The minimum absolute atomic E-state index is 0.123. The molecule has 1 fully saturated rings. The van der Waals surface area contributed by atoms with Crippen molar-refractivity contribution in [3.05, 3.63) is 0 Å². The SMILES string of the molecule is CC(O)(CNC(=O)N1CCOC(C#N)C1)C(=O)O. The molecule has 0 bridgehead atoms. The van der Waals surface area contributed by atoms with Crippen LogP contribution in [-0.2, 0) is 9.53 Å². The number of hydrogen-bond acceptors (Lipinski definition) is 5. The van der Waals surface area contributed by atoms with Crippen LogP contribution in [0.3, 0.4) is 0 Å². The highest BCUT2D eigenvalue weighted by Gasteiger charge is 2.31. The highest BCUT2D eigenvalue weighted by molar-refractivity contribution is 5.79. The number of carboxylic acid groups (broad SMARTS) is 1. The van der Waals surface area contributed by atoms with E-state index in [-0.39, 0.29) is 13.2 Å². The number of nitrogens with zero attached hydrogens (tertiary/aromatic N) is 2. The molecule has 2 atom stereocenters. The van der Waals surface area contributed by atoms with Crippen LogP contribution in [0.1, 0.15) is 6.92 Å². The summed E-state index contributed by atoms with van der Waals surface area (Å²) in [6.07, 6.45) is -0.676. The van der Waals surface area contributed by atoms with Crippen LogP contribution in [0.2, 0.25) is 0 Å². The first-order chi connectivity index (χ1) is 8.36. The second kappa shape index (κ2) is 5.66. The quantitative estimate of drug-likeness (QED) is 0.581. The minimum Gasteiger partial charge on any atom is -0.479 e. The number of nitriles is 1. The largest absolute Gasteiger partial charge is 0.479 e. The summed E-state index contributed by atoms with van der Waals surface area (Å²) in [7, 11) is 0. The first-order valence-electron chi connectivity index (χ1n) is 5.36. The van der Waals surface area contributed by atoms with Gasteiger partial charge >= 0.3 is 12.0 Å². The predicted molar refractivity (Wildman–Crippen MR) is 58.6 cm³/mol. The number of morpholine rings is 1. The van der Waals surface area contributed by atoms with Gasteiger partial charge in [-0.05, 0) is 6.92 Å². The molecule has 2 unspecified atom stereocenters. The smallest absolute Gasteiger partial charge is 0.337 e. The summed E-state index contributed by atoms with van der Waals surface area (Å²) < 4.78 is 5.06. The van der Waals surface area contributed by atoms with E-state index in [2.05, 4.69) is 5.32 Å². The fraction of sp³-hybridized carbons (Fsp3) is 0.700. The Labute approximate surface area is 104 Å². The molecule has 1 saturated heterocycles. The van der Waals surface area contributed by atoms with Crippen molar-refractivity contribution in [1.82, 2.24) is 10.2 Å². The van der Waals surface area contributed by atoms with Gasteiger partial charge in [-0.3, -0.25) is 0 Å². The van der Waals surface area contributed by atoms with Crippen molar-refractivity contribution < 1.29 is 24.5 Å². The Balaban J connectivity index is 2.46. The zero-order valence-corrected chi connectivity index (χ0v) is 9.92. The molecular weight excluding hydrogens is 242 g/mol. The number of carbonyl (C=O) groups is 2. The Bertz CT molecular complexity index is 376. The zero-order chi connectivity index (χ0) is 13.8. The van der Waals surface area contributed by atoms with Gasteiger partial charge in [-0.1, -0.05) is 0 Å². The normalized spacial score (nSPS) is 22.7. The van der Waals surface area contributed by atoms with Gasteiger partial charge in [-0.2, -0.15) is 5.26 Å². The van der Waals surface area contributed by atoms with E-state index in [0.717, 1.165) is 6.92 Å². The highest BCUT2D eigenvalue weighted by atomic mass is 16.5. The van der Waals surface area contributed by atoms with E-state index in [4.69, 9.17) is 15.1 Å². The summed E-state index contributed by atoms with van der Waals surface area (Å²) in [4.78, 5) is 23.6. The Hall–Kier alpha value is -1.85. The molecule has 0 saturated carbocycles. The second-order valence-corrected chi connectivity index (χ2v) is 4.17. The van der Waals surface area contributed by atoms with Gasteiger partial charge in [0.15, 0.2) is 11.7 Å². The van der Waals surface area contributed by atoms with E-state index in [0.29, 0.717) is 6.54 Å². The van der Waals surface area contributed by atoms with E-state index in [9.17, 15) is 14.7 Å². The number of carboxylic acids is 1. The molecule has 8 heteroatoms. The van der Waals surface area contributed by atoms with Crippen molar-refractivity contribution in [2.45, 2.75) is 18.6 Å². The molecule has 3 N–H and O–H groups in total. The number of amides is 2. The average molecular weight is 257 g/mol. The fourth-order valence-corrected chi connectivity index (χ4v) is 1.35. The first kappa shape index (κ1) is 14.2. The summed E-state index contributed by atoms with van der Waals surface area (Å²) >= 11 is 0. The topological polar surface area (TPSA) is 123 Å². The van der Waals surface area contributed by atoms with Gasteiger partial charge in [0, 0.05) is 6.54 Å². The fourth-order valence-electron chi connectivity index (χ4n) is 1.35. The molecule has 1 heterocycles. The maximum Gasteiger partial charge on any atom is 0.337 e. The number of carbonyl (C=O) groups excluding carboxylic acids is 1. The molecular formula is C10H15N3O5. The van der Waals surface area contributed by atoms with Crippen molar-refractivity contribution in [2.24, 2.45) is 0 Å². The van der Waals surface area contributed by atoms with Gasteiger partial charge in [0.1, 0.15) is 0 Å². The van der Waals surface area contributed by atoms with Crippen molar-refractivity contribution in [3.8, 4) is 6.07 Å². The lowest BCUT2D eigenvalue weighted by molar-refractivity contribution is -0.155. The minimum atomic E-state index is -2.02. The van der Waals surface area contributed by atoms with Gasteiger partial charge in [0.25, 0.3) is 0 Å². The predicted octanol–water partition coefficient (Wildman–Crippen LogP) is -1.24. The molecule has 1 aliphatic heterocycles. The first-order valence-corrected chi connectivity index (χ1v) is 5.36.